The molecule has 0 amide bonds. The van der Waals surface area contributed by atoms with E-state index in [0.29, 0.717) is 0 Å². The largest absolute Gasteiger partial charge is 0.455 e. The summed E-state index contributed by atoms with van der Waals surface area (Å²) < 4.78 is 4.66. The van der Waals surface area contributed by atoms with E-state index in [4.69, 9.17) is 0 Å². The van der Waals surface area contributed by atoms with Crippen LogP contribution in [0.1, 0.15) is 13.8 Å². The molecule has 0 aromatic carbocycles. The van der Waals surface area contributed by atoms with E-state index in [1.807, 2.05) is 0 Å². The third-order valence-corrected chi connectivity index (χ3v) is 0.782. The zero-order chi connectivity index (χ0) is 6.57. The summed E-state index contributed by atoms with van der Waals surface area (Å²) in [7, 11) is 0. The first kappa shape index (κ1) is 7.82. The van der Waals surface area contributed by atoms with Gasteiger partial charge in [-0.2, -0.15) is 0 Å². The molecule has 0 N–H and O–H groups in total. The van der Waals surface area contributed by atoms with E-state index in [1.54, 1.807) is 13.8 Å². The molecule has 1 radical (unpaired) electrons. The van der Waals surface area contributed by atoms with Gasteiger partial charge in [-0.1, -0.05) is 0 Å². The minimum absolute atomic E-state index is 0.0308. The molecular formula is C5H9O2S. The van der Waals surface area contributed by atoms with E-state index in [0.717, 1.165) is 11.8 Å². The number of carbonyl (C=O) groups is 1. The van der Waals surface area contributed by atoms with Crippen molar-refractivity contribution in [1.29, 1.82) is 0 Å². The smallest absolute Gasteiger partial charge is 0.367 e. The SMILES string of the molecule is [CH2]SC(=O)OC(C)C. The molecule has 0 saturated heterocycles. The normalized spacial score (nSPS) is 9.50. The van der Waals surface area contributed by atoms with Crippen molar-refractivity contribution in [3.8, 4) is 0 Å². The van der Waals surface area contributed by atoms with Crippen LogP contribution in [0.2, 0.25) is 0 Å². The first-order valence-corrected chi connectivity index (χ1v) is 3.28. The fraction of sp³-hybridized carbons (Fsp3) is 0.600. The Morgan fingerprint density at radius 3 is 2.38 bits per heavy atom. The molecule has 0 bridgehead atoms. The standard InChI is InChI=1S/C5H9O2S/c1-4(2)7-5(6)8-3/h4H,3H2,1-2H3. The Bertz CT molecular complexity index is 80.5. The number of ether oxygens (including phenoxy) is 1. The highest BCUT2D eigenvalue weighted by Crippen LogP contribution is 2.03. The number of rotatable bonds is 1. The molecule has 0 rings (SSSR count). The van der Waals surface area contributed by atoms with Crippen LogP contribution in [-0.4, -0.2) is 11.4 Å². The highest BCUT2D eigenvalue weighted by molar-refractivity contribution is 8.14. The van der Waals surface area contributed by atoms with Crippen molar-refractivity contribution in [3.63, 3.8) is 0 Å². The van der Waals surface area contributed by atoms with Crippen LogP contribution in [0.15, 0.2) is 0 Å². The van der Waals surface area contributed by atoms with Gasteiger partial charge in [0.2, 0.25) is 0 Å². The molecule has 0 heterocycles. The van der Waals surface area contributed by atoms with Crippen LogP contribution < -0.4 is 0 Å². The minimum atomic E-state index is -0.319. The van der Waals surface area contributed by atoms with E-state index in [2.05, 4.69) is 11.0 Å². The lowest BCUT2D eigenvalue weighted by atomic mass is 10.5. The van der Waals surface area contributed by atoms with E-state index < -0.39 is 0 Å². The Balaban J connectivity index is 3.25. The summed E-state index contributed by atoms with van der Waals surface area (Å²) >= 11 is 0.842. The van der Waals surface area contributed by atoms with Crippen molar-refractivity contribution in [2.45, 2.75) is 20.0 Å². The van der Waals surface area contributed by atoms with Gasteiger partial charge in [-0.3, -0.25) is 0 Å². The molecule has 47 valence electrons. The maximum Gasteiger partial charge on any atom is 0.367 e. The van der Waals surface area contributed by atoms with Crippen LogP contribution in [0.25, 0.3) is 0 Å². The average molecular weight is 133 g/mol. The fourth-order valence-corrected chi connectivity index (χ4v) is 0.487. The van der Waals surface area contributed by atoms with E-state index in [9.17, 15) is 4.79 Å². The molecule has 0 spiro atoms. The number of hydrogen-bond acceptors (Lipinski definition) is 3. The van der Waals surface area contributed by atoms with Gasteiger partial charge in [0.25, 0.3) is 0 Å². The average Bonchev–Trinajstić information content (AvgIpc) is 1.65. The lowest BCUT2D eigenvalue weighted by Gasteiger charge is -2.03. The van der Waals surface area contributed by atoms with Crippen molar-refractivity contribution in [2.75, 3.05) is 0 Å². The van der Waals surface area contributed by atoms with Crippen molar-refractivity contribution >= 4 is 17.1 Å². The van der Waals surface area contributed by atoms with Crippen LogP contribution in [0, 0.1) is 6.26 Å². The van der Waals surface area contributed by atoms with E-state index in [1.165, 1.54) is 0 Å². The third-order valence-electron chi connectivity index (χ3n) is 0.450. The van der Waals surface area contributed by atoms with Crippen molar-refractivity contribution in [2.24, 2.45) is 0 Å². The molecule has 0 aliphatic rings. The summed E-state index contributed by atoms with van der Waals surface area (Å²) in [4.78, 5) is 10.3. The minimum Gasteiger partial charge on any atom is -0.455 e. The highest BCUT2D eigenvalue weighted by atomic mass is 32.2. The molecule has 0 fully saturated rings. The van der Waals surface area contributed by atoms with Gasteiger partial charge in [0.15, 0.2) is 0 Å². The second-order valence-electron chi connectivity index (χ2n) is 1.56. The zero-order valence-electron chi connectivity index (χ0n) is 5.01. The first-order chi connectivity index (χ1) is 3.66. The lowest BCUT2D eigenvalue weighted by molar-refractivity contribution is 0.143. The number of carbonyl (C=O) groups excluding carboxylic acids is 1. The van der Waals surface area contributed by atoms with E-state index >= 15 is 0 Å². The topological polar surface area (TPSA) is 26.3 Å². The Labute approximate surface area is 53.6 Å². The van der Waals surface area contributed by atoms with Gasteiger partial charge < -0.3 is 4.74 Å². The quantitative estimate of drug-likeness (QED) is 0.512. The predicted octanol–water partition coefficient (Wildman–Crippen LogP) is 2.06. The molecule has 0 aromatic heterocycles. The molecule has 0 aromatic rings. The number of hydrogen-bond donors (Lipinski definition) is 0. The van der Waals surface area contributed by atoms with Crippen molar-refractivity contribution < 1.29 is 9.53 Å². The van der Waals surface area contributed by atoms with Crippen LogP contribution >= 0.6 is 11.8 Å². The Morgan fingerprint density at radius 2 is 2.25 bits per heavy atom. The van der Waals surface area contributed by atoms with E-state index in [-0.39, 0.29) is 11.4 Å². The summed E-state index contributed by atoms with van der Waals surface area (Å²) in [6.45, 7) is 3.60. The molecular weight excluding hydrogens is 124 g/mol. The summed E-state index contributed by atoms with van der Waals surface area (Å²) in [6, 6.07) is 0. The summed E-state index contributed by atoms with van der Waals surface area (Å²) in [5, 5.41) is -0.319. The van der Waals surface area contributed by atoms with Crippen molar-refractivity contribution in [3.05, 3.63) is 6.26 Å². The molecule has 2 nitrogen and oxygen atoms in total. The zero-order valence-corrected chi connectivity index (χ0v) is 5.83. The second kappa shape index (κ2) is 3.78. The molecule has 3 heteroatoms. The fourth-order valence-electron chi connectivity index (χ4n) is 0.226. The van der Waals surface area contributed by atoms with Crippen LogP contribution in [0.5, 0.6) is 0 Å². The van der Waals surface area contributed by atoms with Gasteiger partial charge in [-0.25, -0.2) is 4.79 Å². The molecule has 0 aliphatic carbocycles. The molecule has 0 atom stereocenters. The number of thioether (sulfide) groups is 1. The maximum atomic E-state index is 10.3. The first-order valence-electron chi connectivity index (χ1n) is 2.29. The molecule has 8 heavy (non-hydrogen) atoms. The molecule has 0 saturated carbocycles. The Kier molecular flexibility index (Phi) is 3.69. The summed E-state index contributed by atoms with van der Waals surface area (Å²) in [6.07, 6.45) is 3.25. The Morgan fingerprint density at radius 1 is 1.75 bits per heavy atom. The highest BCUT2D eigenvalue weighted by Gasteiger charge is 2.00. The van der Waals surface area contributed by atoms with Crippen LogP contribution in [-0.2, 0) is 4.74 Å². The van der Waals surface area contributed by atoms with Gasteiger partial charge >= 0.3 is 5.30 Å². The van der Waals surface area contributed by atoms with Gasteiger partial charge in [-0.05, 0) is 25.6 Å². The Hall–Kier alpha value is -0.180. The summed E-state index contributed by atoms with van der Waals surface area (Å²) in [5.41, 5.74) is 0. The van der Waals surface area contributed by atoms with Gasteiger partial charge in [-0.15, -0.1) is 0 Å². The van der Waals surface area contributed by atoms with Crippen molar-refractivity contribution in [1.82, 2.24) is 0 Å². The van der Waals surface area contributed by atoms with Crippen LogP contribution in [0.3, 0.4) is 0 Å². The molecule has 0 unspecified atom stereocenters. The van der Waals surface area contributed by atoms with Gasteiger partial charge in [0, 0.05) is 6.26 Å². The van der Waals surface area contributed by atoms with Gasteiger partial charge in [0.05, 0.1) is 6.10 Å². The maximum absolute atomic E-state index is 10.3. The predicted molar refractivity (Wildman–Crippen MR) is 34.6 cm³/mol. The lowest BCUT2D eigenvalue weighted by Crippen LogP contribution is -2.04. The molecule has 0 aliphatic heterocycles. The van der Waals surface area contributed by atoms with Gasteiger partial charge in [0.1, 0.15) is 0 Å². The monoisotopic (exact) mass is 133 g/mol. The second-order valence-corrected chi connectivity index (χ2v) is 2.18. The van der Waals surface area contributed by atoms with Crippen LogP contribution in [0.4, 0.5) is 4.79 Å². The third kappa shape index (κ3) is 3.99. The summed E-state index contributed by atoms with van der Waals surface area (Å²) in [5.74, 6) is 0.